The van der Waals surface area contributed by atoms with Crippen molar-refractivity contribution in [2.45, 2.75) is 19.5 Å². The zero-order valence-electron chi connectivity index (χ0n) is 10.2. The topological polar surface area (TPSA) is 78.5 Å². The van der Waals surface area contributed by atoms with Gasteiger partial charge in [0, 0.05) is 19.3 Å². The molecular formula is C11H15N3O3S. The lowest BCUT2D eigenvalue weighted by Crippen LogP contribution is -2.47. The van der Waals surface area contributed by atoms with Crippen molar-refractivity contribution in [1.82, 2.24) is 9.03 Å². The summed E-state index contributed by atoms with van der Waals surface area (Å²) in [7, 11) is -2.32. The minimum absolute atomic E-state index is 0.166. The fourth-order valence-corrected chi connectivity index (χ4v) is 2.92. The number of carbonyl (C=O) groups is 1. The van der Waals surface area contributed by atoms with Crippen LogP contribution in [-0.2, 0) is 21.5 Å². The van der Waals surface area contributed by atoms with E-state index in [9.17, 15) is 13.2 Å². The van der Waals surface area contributed by atoms with Gasteiger partial charge in [-0.1, -0.05) is 18.2 Å². The quantitative estimate of drug-likeness (QED) is 0.810. The highest BCUT2D eigenvalue weighted by Gasteiger charge is 2.33. The van der Waals surface area contributed by atoms with Crippen molar-refractivity contribution < 1.29 is 13.2 Å². The summed E-state index contributed by atoms with van der Waals surface area (Å²) >= 11 is 0. The largest absolute Gasteiger partial charge is 0.324 e. The first kappa shape index (κ1) is 13.0. The molecule has 98 valence electrons. The molecule has 1 heterocycles. The van der Waals surface area contributed by atoms with Crippen LogP contribution in [-0.4, -0.2) is 31.7 Å². The molecule has 0 radical (unpaired) electrons. The van der Waals surface area contributed by atoms with Gasteiger partial charge in [0.15, 0.2) is 0 Å². The van der Waals surface area contributed by atoms with Crippen LogP contribution in [0.15, 0.2) is 24.3 Å². The summed E-state index contributed by atoms with van der Waals surface area (Å²) in [4.78, 5) is 11.9. The van der Waals surface area contributed by atoms with Crippen LogP contribution in [0.25, 0.3) is 0 Å². The Hall–Kier alpha value is -1.44. The van der Waals surface area contributed by atoms with Crippen LogP contribution in [0.3, 0.4) is 0 Å². The van der Waals surface area contributed by atoms with E-state index < -0.39 is 16.3 Å². The van der Waals surface area contributed by atoms with Gasteiger partial charge >= 0.3 is 0 Å². The number of rotatable bonds is 2. The lowest BCUT2D eigenvalue weighted by molar-refractivity contribution is -0.119. The van der Waals surface area contributed by atoms with Gasteiger partial charge < -0.3 is 5.32 Å². The van der Waals surface area contributed by atoms with Gasteiger partial charge in [-0.05, 0) is 18.6 Å². The summed E-state index contributed by atoms with van der Waals surface area (Å²) in [5.41, 5.74) is 1.43. The monoisotopic (exact) mass is 269 g/mol. The first-order valence-electron chi connectivity index (χ1n) is 5.55. The van der Waals surface area contributed by atoms with Gasteiger partial charge in [-0.25, -0.2) is 4.72 Å². The molecule has 0 fully saturated rings. The number of fused-ring (bicyclic) bond motifs is 1. The van der Waals surface area contributed by atoms with Crippen molar-refractivity contribution in [3.05, 3.63) is 29.8 Å². The molecule has 1 amide bonds. The first-order chi connectivity index (χ1) is 8.45. The predicted molar refractivity (Wildman–Crippen MR) is 68.1 cm³/mol. The number of hydrogen-bond acceptors (Lipinski definition) is 3. The molecule has 1 aromatic carbocycles. The van der Waals surface area contributed by atoms with Crippen LogP contribution in [0.2, 0.25) is 0 Å². The molecule has 0 bridgehead atoms. The minimum Gasteiger partial charge on any atom is -0.324 e. The molecule has 1 aliphatic rings. The maximum Gasteiger partial charge on any atom is 0.280 e. The van der Waals surface area contributed by atoms with Gasteiger partial charge in [0.25, 0.3) is 10.2 Å². The molecule has 0 saturated heterocycles. The molecular weight excluding hydrogens is 254 g/mol. The zero-order valence-corrected chi connectivity index (χ0v) is 11.0. The van der Waals surface area contributed by atoms with Crippen molar-refractivity contribution >= 4 is 21.8 Å². The molecule has 0 spiro atoms. The van der Waals surface area contributed by atoms with Gasteiger partial charge in [-0.15, -0.1) is 0 Å². The zero-order chi connectivity index (χ0) is 13.3. The Morgan fingerprint density at radius 1 is 1.39 bits per heavy atom. The van der Waals surface area contributed by atoms with Gasteiger partial charge in [0.2, 0.25) is 5.91 Å². The summed E-state index contributed by atoms with van der Waals surface area (Å²) < 4.78 is 27.2. The van der Waals surface area contributed by atoms with E-state index in [0.29, 0.717) is 5.69 Å². The summed E-state index contributed by atoms with van der Waals surface area (Å²) in [5, 5.41) is 2.73. The number of para-hydroxylation sites is 1. The van der Waals surface area contributed by atoms with E-state index in [1.165, 1.54) is 7.05 Å². The number of carbonyl (C=O) groups excluding carboxylic acids is 1. The average Bonchev–Trinajstić information content (AvgIpc) is 2.48. The third kappa shape index (κ3) is 2.24. The third-order valence-electron chi connectivity index (χ3n) is 2.98. The van der Waals surface area contributed by atoms with Gasteiger partial charge in [0.1, 0.15) is 6.04 Å². The Bertz CT molecular complexity index is 571. The Morgan fingerprint density at radius 2 is 2.06 bits per heavy atom. The highest BCUT2D eigenvalue weighted by Crippen LogP contribution is 2.24. The lowest BCUT2D eigenvalue weighted by Gasteiger charge is -2.23. The second-order valence-electron chi connectivity index (χ2n) is 4.08. The van der Waals surface area contributed by atoms with E-state index in [1.807, 2.05) is 6.07 Å². The van der Waals surface area contributed by atoms with Crippen LogP contribution in [0.5, 0.6) is 0 Å². The molecule has 0 saturated carbocycles. The van der Waals surface area contributed by atoms with Crippen LogP contribution < -0.4 is 10.0 Å². The van der Waals surface area contributed by atoms with Gasteiger partial charge in [0.05, 0.1) is 0 Å². The summed E-state index contributed by atoms with van der Waals surface area (Å²) in [5.74, 6) is -0.334. The number of benzene rings is 1. The Morgan fingerprint density at radius 3 is 2.72 bits per heavy atom. The van der Waals surface area contributed by atoms with Crippen molar-refractivity contribution in [1.29, 1.82) is 0 Å². The SMILES string of the molecule is CNS(=O)(=O)N1Cc2ccccc2NC(=O)C1C. The maximum absolute atomic E-state index is 11.9. The van der Waals surface area contributed by atoms with E-state index in [0.717, 1.165) is 9.87 Å². The highest BCUT2D eigenvalue weighted by atomic mass is 32.2. The highest BCUT2D eigenvalue weighted by molar-refractivity contribution is 7.87. The maximum atomic E-state index is 11.9. The molecule has 1 aliphatic heterocycles. The smallest absolute Gasteiger partial charge is 0.280 e. The Balaban J connectivity index is 2.48. The average molecular weight is 269 g/mol. The van der Waals surface area contributed by atoms with Crippen LogP contribution in [0, 0.1) is 0 Å². The van der Waals surface area contributed by atoms with Crippen LogP contribution >= 0.6 is 0 Å². The molecule has 0 aromatic heterocycles. The fraction of sp³-hybridized carbons (Fsp3) is 0.364. The molecule has 2 N–H and O–H groups in total. The third-order valence-corrected chi connectivity index (χ3v) is 4.56. The van der Waals surface area contributed by atoms with E-state index in [1.54, 1.807) is 25.1 Å². The molecule has 1 aromatic rings. The summed E-state index contributed by atoms with van der Waals surface area (Å²) in [6, 6.07) is 6.41. The fourth-order valence-electron chi connectivity index (χ4n) is 1.86. The van der Waals surface area contributed by atoms with Gasteiger partial charge in [-0.3, -0.25) is 4.79 Å². The normalized spacial score (nSPS) is 21.0. The number of amides is 1. The molecule has 18 heavy (non-hydrogen) atoms. The Kier molecular flexibility index (Phi) is 3.38. The molecule has 7 heteroatoms. The lowest BCUT2D eigenvalue weighted by atomic mass is 10.2. The van der Waals surface area contributed by atoms with Crippen molar-refractivity contribution in [3.8, 4) is 0 Å². The molecule has 0 aliphatic carbocycles. The van der Waals surface area contributed by atoms with Crippen LogP contribution in [0.4, 0.5) is 5.69 Å². The second kappa shape index (κ2) is 4.68. The molecule has 2 rings (SSSR count). The van der Waals surface area contributed by atoms with E-state index >= 15 is 0 Å². The number of anilines is 1. The van der Waals surface area contributed by atoms with Gasteiger partial charge in [-0.2, -0.15) is 12.7 Å². The summed E-state index contributed by atoms with van der Waals surface area (Å²) in [6.45, 7) is 1.73. The molecule has 1 unspecified atom stereocenters. The summed E-state index contributed by atoms with van der Waals surface area (Å²) in [6.07, 6.45) is 0. The van der Waals surface area contributed by atoms with Crippen molar-refractivity contribution in [2.24, 2.45) is 0 Å². The Labute approximate surface area is 106 Å². The number of nitrogens with one attached hydrogen (secondary N) is 2. The minimum atomic E-state index is -3.65. The van der Waals surface area contributed by atoms with Crippen molar-refractivity contribution in [2.75, 3.05) is 12.4 Å². The number of nitrogens with zero attached hydrogens (tertiary/aromatic N) is 1. The molecule has 1 atom stereocenters. The standard InChI is InChI=1S/C11H15N3O3S/c1-8-11(15)13-10-6-4-3-5-9(10)7-14(8)18(16,17)12-2/h3-6,8,12H,7H2,1-2H3,(H,13,15). The predicted octanol–water partition coefficient (Wildman–Crippen LogP) is 0.293. The van der Waals surface area contributed by atoms with Crippen LogP contribution in [0.1, 0.15) is 12.5 Å². The van der Waals surface area contributed by atoms with E-state index in [-0.39, 0.29) is 12.5 Å². The van der Waals surface area contributed by atoms with Crippen molar-refractivity contribution in [3.63, 3.8) is 0 Å². The molecule has 6 nitrogen and oxygen atoms in total. The van der Waals surface area contributed by atoms with E-state index in [4.69, 9.17) is 0 Å². The second-order valence-corrected chi connectivity index (χ2v) is 5.90. The number of hydrogen-bond donors (Lipinski definition) is 2. The van der Waals surface area contributed by atoms with E-state index in [2.05, 4.69) is 10.0 Å². The first-order valence-corrected chi connectivity index (χ1v) is 6.99.